The van der Waals surface area contributed by atoms with E-state index in [9.17, 15) is 4.79 Å². The van der Waals surface area contributed by atoms with Gasteiger partial charge in [0.2, 0.25) is 0 Å². The van der Waals surface area contributed by atoms with Crippen LogP contribution in [-0.4, -0.2) is 12.6 Å². The van der Waals surface area contributed by atoms with Crippen LogP contribution in [0.15, 0.2) is 30.3 Å². The second-order valence-corrected chi connectivity index (χ2v) is 7.71. The number of hydrazine groups is 1. The molecule has 4 heteroatoms. The summed E-state index contributed by atoms with van der Waals surface area (Å²) in [5.41, 5.74) is 6.52. The second kappa shape index (κ2) is 18.8. The van der Waals surface area contributed by atoms with Crippen molar-refractivity contribution in [2.24, 2.45) is 0 Å². The van der Waals surface area contributed by atoms with E-state index in [0.717, 1.165) is 18.5 Å². The van der Waals surface area contributed by atoms with Crippen LogP contribution in [0.1, 0.15) is 102 Å². The van der Waals surface area contributed by atoms with Gasteiger partial charge in [-0.25, -0.2) is 10.2 Å². The quantitative estimate of drug-likeness (QED) is 0.212. The van der Waals surface area contributed by atoms with E-state index < -0.39 is 6.09 Å². The average Bonchev–Trinajstić information content (AvgIpc) is 2.72. The smallest absolute Gasteiger partial charge is 0.421 e. The molecule has 1 amide bonds. The molecule has 4 nitrogen and oxygen atoms in total. The van der Waals surface area contributed by atoms with Crippen LogP contribution in [0.5, 0.6) is 0 Å². The van der Waals surface area contributed by atoms with Crippen molar-refractivity contribution in [3.8, 4) is 0 Å². The van der Waals surface area contributed by atoms with Gasteiger partial charge >= 0.3 is 6.09 Å². The highest BCUT2D eigenvalue weighted by Crippen LogP contribution is 2.12. The van der Waals surface area contributed by atoms with E-state index in [2.05, 4.69) is 17.8 Å². The van der Waals surface area contributed by atoms with Crippen LogP contribution in [0.25, 0.3) is 0 Å². The van der Waals surface area contributed by atoms with Crippen molar-refractivity contribution < 1.29 is 9.53 Å². The minimum Gasteiger partial charge on any atom is -0.444 e. The molecule has 1 rings (SSSR count). The van der Waals surface area contributed by atoms with Gasteiger partial charge in [-0.15, -0.1) is 0 Å². The first kappa shape index (κ1) is 24.5. The van der Waals surface area contributed by atoms with E-state index >= 15 is 0 Å². The predicted octanol–water partition coefficient (Wildman–Crippen LogP) is 6.90. The fraction of sp³-hybridized carbons (Fsp3) is 0.708. The van der Waals surface area contributed by atoms with Gasteiger partial charge in [0.25, 0.3) is 0 Å². The van der Waals surface area contributed by atoms with Gasteiger partial charge in [-0.3, -0.25) is 5.43 Å². The molecule has 0 heterocycles. The van der Waals surface area contributed by atoms with Crippen LogP contribution in [0.3, 0.4) is 0 Å². The summed E-state index contributed by atoms with van der Waals surface area (Å²) in [6.07, 6.45) is 18.5. The van der Waals surface area contributed by atoms with Crippen LogP contribution in [0.2, 0.25) is 0 Å². The molecule has 0 bridgehead atoms. The lowest BCUT2D eigenvalue weighted by Crippen LogP contribution is -2.38. The molecule has 0 saturated carbocycles. The summed E-state index contributed by atoms with van der Waals surface area (Å²) in [5, 5.41) is 0. The number of amides is 1. The van der Waals surface area contributed by atoms with E-state index in [1.807, 2.05) is 30.3 Å². The zero-order valence-corrected chi connectivity index (χ0v) is 18.0. The van der Waals surface area contributed by atoms with Crippen molar-refractivity contribution in [2.45, 2.75) is 103 Å². The Kier molecular flexibility index (Phi) is 16.4. The molecule has 0 aliphatic rings. The summed E-state index contributed by atoms with van der Waals surface area (Å²) in [4.78, 5) is 11.6. The number of benzene rings is 1. The molecular formula is C24H42N2O2. The summed E-state index contributed by atoms with van der Waals surface area (Å²) in [6, 6.07) is 9.70. The van der Waals surface area contributed by atoms with Crippen LogP contribution >= 0.6 is 0 Å². The first-order chi connectivity index (χ1) is 13.8. The van der Waals surface area contributed by atoms with E-state index in [1.165, 1.54) is 83.5 Å². The summed E-state index contributed by atoms with van der Waals surface area (Å²) in [5.74, 6) is 0. The lowest BCUT2D eigenvalue weighted by atomic mass is 10.0. The van der Waals surface area contributed by atoms with Crippen molar-refractivity contribution >= 4 is 6.09 Å². The number of carbonyl (C=O) groups is 1. The number of ether oxygens (including phenoxy) is 1. The maximum absolute atomic E-state index is 11.6. The summed E-state index contributed by atoms with van der Waals surface area (Å²) in [6.45, 7) is 3.36. The summed E-state index contributed by atoms with van der Waals surface area (Å²) >= 11 is 0. The van der Waals surface area contributed by atoms with E-state index in [4.69, 9.17) is 4.74 Å². The molecule has 0 aromatic heterocycles. The topological polar surface area (TPSA) is 50.4 Å². The average molecular weight is 391 g/mol. The third-order valence-electron chi connectivity index (χ3n) is 5.06. The Bertz CT molecular complexity index is 465. The van der Waals surface area contributed by atoms with Crippen molar-refractivity contribution in [1.29, 1.82) is 0 Å². The van der Waals surface area contributed by atoms with Crippen molar-refractivity contribution in [3.05, 3.63) is 35.9 Å². The molecule has 1 aromatic carbocycles. The fourth-order valence-electron chi connectivity index (χ4n) is 3.30. The Morgan fingerprint density at radius 3 is 1.79 bits per heavy atom. The van der Waals surface area contributed by atoms with Crippen molar-refractivity contribution in [2.75, 3.05) is 6.54 Å². The molecule has 0 unspecified atom stereocenters. The lowest BCUT2D eigenvalue weighted by Gasteiger charge is -2.08. The Hall–Kier alpha value is -1.55. The maximum atomic E-state index is 11.6. The van der Waals surface area contributed by atoms with Gasteiger partial charge in [-0.1, -0.05) is 121 Å². The van der Waals surface area contributed by atoms with E-state index in [-0.39, 0.29) is 0 Å². The maximum Gasteiger partial charge on any atom is 0.421 e. The minimum absolute atomic E-state index is 0.299. The molecular weight excluding hydrogens is 348 g/mol. The Morgan fingerprint density at radius 1 is 0.750 bits per heavy atom. The lowest BCUT2D eigenvalue weighted by molar-refractivity contribution is 0.135. The SMILES string of the molecule is CCCCCCCCCCCCCCCCNNC(=O)OCc1ccccc1. The van der Waals surface area contributed by atoms with Crippen LogP contribution in [0.4, 0.5) is 4.79 Å². The van der Waals surface area contributed by atoms with Gasteiger partial charge in [0.1, 0.15) is 6.61 Å². The molecule has 0 fully saturated rings. The van der Waals surface area contributed by atoms with Crippen molar-refractivity contribution in [3.63, 3.8) is 0 Å². The highest BCUT2D eigenvalue weighted by Gasteiger charge is 2.01. The minimum atomic E-state index is -0.422. The van der Waals surface area contributed by atoms with Gasteiger partial charge in [-0.05, 0) is 12.0 Å². The molecule has 28 heavy (non-hydrogen) atoms. The molecule has 2 N–H and O–H groups in total. The van der Waals surface area contributed by atoms with Gasteiger partial charge in [-0.2, -0.15) is 0 Å². The Labute approximate surface area is 172 Å². The predicted molar refractivity (Wildman–Crippen MR) is 118 cm³/mol. The molecule has 160 valence electrons. The Balaban J connectivity index is 1.75. The van der Waals surface area contributed by atoms with Gasteiger partial charge in [0.05, 0.1) is 0 Å². The highest BCUT2D eigenvalue weighted by atomic mass is 16.6. The normalized spacial score (nSPS) is 10.8. The molecule has 0 radical (unpaired) electrons. The summed E-state index contributed by atoms with van der Waals surface area (Å²) < 4.78 is 5.14. The van der Waals surface area contributed by atoms with Gasteiger partial charge in [0, 0.05) is 6.54 Å². The number of carbonyl (C=O) groups excluding carboxylic acids is 1. The standard InChI is InChI=1S/C24H42N2O2/c1-2-3-4-5-6-7-8-9-10-11-12-13-14-18-21-25-26-24(27)28-22-23-19-16-15-17-20-23/h15-17,19-20,25H,2-14,18,21-22H2,1H3,(H,26,27). The van der Waals surface area contributed by atoms with Crippen LogP contribution in [-0.2, 0) is 11.3 Å². The van der Waals surface area contributed by atoms with Crippen LogP contribution in [0, 0.1) is 0 Å². The van der Waals surface area contributed by atoms with E-state index in [1.54, 1.807) is 0 Å². The monoisotopic (exact) mass is 390 g/mol. The zero-order valence-electron chi connectivity index (χ0n) is 18.0. The second-order valence-electron chi connectivity index (χ2n) is 7.71. The molecule has 0 spiro atoms. The molecule has 0 saturated heterocycles. The fourth-order valence-corrected chi connectivity index (χ4v) is 3.30. The van der Waals surface area contributed by atoms with Gasteiger partial charge in [0.15, 0.2) is 0 Å². The largest absolute Gasteiger partial charge is 0.444 e. The molecule has 0 aliphatic heterocycles. The number of hydrogen-bond donors (Lipinski definition) is 2. The first-order valence-corrected chi connectivity index (χ1v) is 11.5. The third kappa shape index (κ3) is 15.5. The van der Waals surface area contributed by atoms with Crippen LogP contribution < -0.4 is 10.9 Å². The molecule has 0 aliphatic carbocycles. The number of rotatable bonds is 18. The molecule has 1 aromatic rings. The van der Waals surface area contributed by atoms with E-state index in [0.29, 0.717) is 6.61 Å². The van der Waals surface area contributed by atoms with Gasteiger partial charge < -0.3 is 4.74 Å². The third-order valence-corrected chi connectivity index (χ3v) is 5.06. The highest BCUT2D eigenvalue weighted by molar-refractivity contribution is 5.66. The van der Waals surface area contributed by atoms with Crippen molar-refractivity contribution in [1.82, 2.24) is 10.9 Å². The zero-order chi connectivity index (χ0) is 20.1. The first-order valence-electron chi connectivity index (χ1n) is 11.5. The summed E-state index contributed by atoms with van der Waals surface area (Å²) in [7, 11) is 0. The number of nitrogens with one attached hydrogen (secondary N) is 2. The number of hydrogen-bond acceptors (Lipinski definition) is 3. The number of unbranched alkanes of at least 4 members (excludes halogenated alkanes) is 13. The Morgan fingerprint density at radius 2 is 1.25 bits per heavy atom. The molecule has 0 atom stereocenters.